The molecule has 5 heteroatoms. The first-order valence-corrected chi connectivity index (χ1v) is 13.3. The van der Waals surface area contributed by atoms with Crippen LogP contribution in [0.1, 0.15) is 72.7 Å². The van der Waals surface area contributed by atoms with Gasteiger partial charge in [0.1, 0.15) is 23.5 Å². The molecule has 37 heavy (non-hydrogen) atoms. The van der Waals surface area contributed by atoms with Gasteiger partial charge in [0.25, 0.3) is 0 Å². The highest BCUT2D eigenvalue weighted by Crippen LogP contribution is 2.24. The fraction of sp³-hybridized carbons (Fsp3) is 0.344. The second-order valence-corrected chi connectivity index (χ2v) is 9.69. The van der Waals surface area contributed by atoms with Crippen LogP contribution in [0.15, 0.2) is 60.9 Å². The van der Waals surface area contributed by atoms with Crippen molar-refractivity contribution < 1.29 is 8.78 Å². The predicted molar refractivity (Wildman–Crippen MR) is 144 cm³/mol. The molecule has 0 aliphatic heterocycles. The smallest absolute Gasteiger partial charge is 0.141 e. The number of hydrogen-bond donors (Lipinski definition) is 0. The number of aromatic nitrogens is 2. The Morgan fingerprint density at radius 2 is 1.46 bits per heavy atom. The maximum atomic E-state index is 15.2. The molecule has 0 unspecified atom stereocenters. The molecule has 3 aromatic carbocycles. The van der Waals surface area contributed by atoms with Gasteiger partial charge in [-0.05, 0) is 71.9 Å². The molecule has 190 valence electrons. The molecule has 0 radical (unpaired) electrons. The van der Waals surface area contributed by atoms with Gasteiger partial charge in [-0.15, -0.1) is 0 Å². The van der Waals surface area contributed by atoms with Crippen molar-refractivity contribution in [2.75, 3.05) is 0 Å². The minimum Gasteiger partial charge on any atom is -0.241 e. The van der Waals surface area contributed by atoms with Gasteiger partial charge in [0.15, 0.2) is 0 Å². The first kappa shape index (κ1) is 26.4. The van der Waals surface area contributed by atoms with E-state index in [4.69, 9.17) is 5.26 Å². The van der Waals surface area contributed by atoms with E-state index in [-0.39, 0.29) is 11.4 Å². The molecule has 3 nitrogen and oxygen atoms in total. The van der Waals surface area contributed by atoms with Crippen molar-refractivity contribution in [1.82, 2.24) is 9.97 Å². The van der Waals surface area contributed by atoms with E-state index >= 15 is 4.39 Å². The molecule has 4 aromatic rings. The van der Waals surface area contributed by atoms with E-state index in [0.717, 1.165) is 41.6 Å². The standard InChI is InChI=1S/C32H33F2N3/c1-2-3-4-5-6-7-25-21-36-31(37-22-25)17-11-23-10-16-29-27(18-23)15-14-26(32(29)34)12-8-24-9-13-28(20-35)30(33)19-24/h9-10,13-16,18-19,21-22H,2-8,11-12,17H2,1H3. The van der Waals surface area contributed by atoms with E-state index in [1.54, 1.807) is 6.07 Å². The zero-order chi connectivity index (χ0) is 26.0. The molecule has 4 rings (SSSR count). The topological polar surface area (TPSA) is 49.6 Å². The molecule has 0 saturated heterocycles. The van der Waals surface area contributed by atoms with Crippen LogP contribution < -0.4 is 0 Å². The van der Waals surface area contributed by atoms with E-state index in [0.29, 0.717) is 23.8 Å². The summed E-state index contributed by atoms with van der Waals surface area (Å²) in [5.74, 6) is 0.0630. The molecule has 0 N–H and O–H groups in total. The Balaban J connectivity index is 1.33. The number of unbranched alkanes of at least 4 members (excludes halogenated alkanes) is 4. The van der Waals surface area contributed by atoms with Gasteiger partial charge in [-0.2, -0.15) is 5.26 Å². The summed E-state index contributed by atoms with van der Waals surface area (Å²) in [6.45, 7) is 2.23. The summed E-state index contributed by atoms with van der Waals surface area (Å²) in [6, 6.07) is 16.0. The molecule has 1 heterocycles. The normalized spacial score (nSPS) is 11.1. The maximum Gasteiger partial charge on any atom is 0.141 e. The number of benzene rings is 3. The lowest BCUT2D eigenvalue weighted by atomic mass is 9.98. The summed E-state index contributed by atoms with van der Waals surface area (Å²) in [6.07, 6.45) is 13.7. The van der Waals surface area contributed by atoms with Gasteiger partial charge < -0.3 is 0 Å². The van der Waals surface area contributed by atoms with Crippen molar-refractivity contribution in [3.63, 3.8) is 0 Å². The van der Waals surface area contributed by atoms with Gasteiger partial charge in [-0.25, -0.2) is 18.7 Å². The molecule has 0 aliphatic carbocycles. The summed E-state index contributed by atoms with van der Waals surface area (Å²) in [5, 5.41) is 10.3. The number of hydrogen-bond acceptors (Lipinski definition) is 3. The van der Waals surface area contributed by atoms with Crippen LogP contribution in [-0.2, 0) is 32.1 Å². The lowest BCUT2D eigenvalue weighted by molar-refractivity contribution is 0.616. The lowest BCUT2D eigenvalue weighted by Gasteiger charge is -2.09. The van der Waals surface area contributed by atoms with Crippen molar-refractivity contribution in [2.24, 2.45) is 0 Å². The van der Waals surface area contributed by atoms with E-state index in [1.807, 2.05) is 48.8 Å². The molecule has 1 aromatic heterocycles. The van der Waals surface area contributed by atoms with Crippen molar-refractivity contribution >= 4 is 10.8 Å². The van der Waals surface area contributed by atoms with Crippen LogP contribution in [0.5, 0.6) is 0 Å². The number of halogens is 2. The molecule has 0 atom stereocenters. The maximum absolute atomic E-state index is 15.2. The summed E-state index contributed by atoms with van der Waals surface area (Å²) in [7, 11) is 0. The van der Waals surface area contributed by atoms with Gasteiger partial charge in [0.05, 0.1) is 5.56 Å². The van der Waals surface area contributed by atoms with Crippen LogP contribution >= 0.6 is 0 Å². The number of nitriles is 1. The highest BCUT2D eigenvalue weighted by atomic mass is 19.1. The Kier molecular flexibility index (Phi) is 9.32. The Morgan fingerprint density at radius 3 is 2.22 bits per heavy atom. The Hall–Kier alpha value is -3.65. The van der Waals surface area contributed by atoms with Crippen molar-refractivity contribution in [3.8, 4) is 6.07 Å². The predicted octanol–water partition coefficient (Wildman–Crippen LogP) is 7.86. The van der Waals surface area contributed by atoms with Crippen LogP contribution in [0.4, 0.5) is 8.78 Å². The third kappa shape index (κ3) is 7.20. The molecule has 0 spiro atoms. The van der Waals surface area contributed by atoms with Gasteiger partial charge in [-0.1, -0.05) is 69.0 Å². The van der Waals surface area contributed by atoms with E-state index in [9.17, 15) is 4.39 Å². The van der Waals surface area contributed by atoms with Gasteiger partial charge in [-0.3, -0.25) is 0 Å². The number of rotatable bonds is 12. The minimum atomic E-state index is -0.536. The van der Waals surface area contributed by atoms with Crippen LogP contribution in [0, 0.1) is 23.0 Å². The Bertz CT molecular complexity index is 1370. The first-order chi connectivity index (χ1) is 18.1. The average molecular weight is 498 g/mol. The monoisotopic (exact) mass is 497 g/mol. The number of nitrogens with zero attached hydrogens (tertiary/aromatic N) is 3. The highest BCUT2D eigenvalue weighted by molar-refractivity contribution is 5.84. The zero-order valence-corrected chi connectivity index (χ0v) is 21.4. The molecular weight excluding hydrogens is 464 g/mol. The Labute approximate surface area is 218 Å². The molecule has 0 saturated carbocycles. The van der Waals surface area contributed by atoms with Crippen LogP contribution in [0.2, 0.25) is 0 Å². The summed E-state index contributed by atoms with van der Waals surface area (Å²) in [4.78, 5) is 9.09. The Morgan fingerprint density at radius 1 is 0.730 bits per heavy atom. The third-order valence-corrected chi connectivity index (χ3v) is 6.90. The highest BCUT2D eigenvalue weighted by Gasteiger charge is 2.10. The third-order valence-electron chi connectivity index (χ3n) is 6.90. The number of fused-ring (bicyclic) bond motifs is 1. The summed E-state index contributed by atoms with van der Waals surface area (Å²) < 4.78 is 29.1. The largest absolute Gasteiger partial charge is 0.241 e. The van der Waals surface area contributed by atoms with Crippen molar-refractivity contribution in [3.05, 3.63) is 106 Å². The second kappa shape index (κ2) is 13.1. The number of aryl methyl sites for hydroxylation is 5. The lowest BCUT2D eigenvalue weighted by Crippen LogP contribution is -2.00. The molecule has 0 aliphatic rings. The fourth-order valence-corrected chi connectivity index (χ4v) is 4.65. The molecule has 0 bridgehead atoms. The SMILES string of the molecule is CCCCCCCc1cnc(CCc2ccc3c(F)c(CCc4ccc(C#N)c(F)c4)ccc3c2)nc1. The average Bonchev–Trinajstić information content (AvgIpc) is 2.92. The van der Waals surface area contributed by atoms with E-state index < -0.39 is 5.82 Å². The molecule has 0 fully saturated rings. The minimum absolute atomic E-state index is 0.0215. The molecule has 0 amide bonds. The van der Waals surface area contributed by atoms with Gasteiger partial charge in [0.2, 0.25) is 0 Å². The zero-order valence-electron chi connectivity index (χ0n) is 21.4. The van der Waals surface area contributed by atoms with E-state index in [1.165, 1.54) is 49.8 Å². The summed E-state index contributed by atoms with van der Waals surface area (Å²) >= 11 is 0. The second-order valence-electron chi connectivity index (χ2n) is 9.69. The van der Waals surface area contributed by atoms with Crippen molar-refractivity contribution in [1.29, 1.82) is 5.26 Å². The van der Waals surface area contributed by atoms with Crippen LogP contribution in [0.25, 0.3) is 10.8 Å². The quantitative estimate of drug-likeness (QED) is 0.187. The molecular formula is C32H33F2N3. The van der Waals surface area contributed by atoms with Crippen LogP contribution in [-0.4, -0.2) is 9.97 Å². The van der Waals surface area contributed by atoms with Gasteiger partial charge in [0, 0.05) is 24.2 Å². The van der Waals surface area contributed by atoms with Gasteiger partial charge >= 0.3 is 0 Å². The van der Waals surface area contributed by atoms with Crippen molar-refractivity contribution in [2.45, 2.75) is 71.1 Å². The van der Waals surface area contributed by atoms with E-state index in [2.05, 4.69) is 16.9 Å². The fourth-order valence-electron chi connectivity index (χ4n) is 4.65. The first-order valence-electron chi connectivity index (χ1n) is 13.3. The summed E-state index contributed by atoms with van der Waals surface area (Å²) in [5.41, 5.74) is 3.68. The van der Waals surface area contributed by atoms with Crippen LogP contribution in [0.3, 0.4) is 0 Å².